The summed E-state index contributed by atoms with van der Waals surface area (Å²) in [6.07, 6.45) is 12.1. The third-order valence-electron chi connectivity index (χ3n) is 4.44. The predicted molar refractivity (Wildman–Crippen MR) is 123 cm³/mol. The summed E-state index contributed by atoms with van der Waals surface area (Å²) in [7, 11) is 0. The zero-order valence-corrected chi connectivity index (χ0v) is 18.2. The molecule has 2 aromatic rings. The van der Waals surface area contributed by atoms with Crippen LogP contribution >= 0.6 is 22.7 Å². The minimum atomic E-state index is 0.863. The average molecular weight is 404 g/mol. The number of hydrogen-bond donors (Lipinski definition) is 0. The van der Waals surface area contributed by atoms with Gasteiger partial charge in [0, 0.05) is 35.3 Å². The second-order valence-electron chi connectivity index (χ2n) is 6.71. The molecular weight excluding hydrogens is 370 g/mol. The second kappa shape index (κ2) is 14.7. The van der Waals surface area contributed by atoms with Gasteiger partial charge < -0.3 is 0 Å². The standard InChI is InChI=1S/C22H33N3S2/c1-2-3-4-5-6-7-14-25(15-12-23-19-21-10-8-17-26-21)16-13-24-20-22-11-9-18-27-22/h8-11,17-20H,2-7,12-16H2,1H3. The highest BCUT2D eigenvalue weighted by atomic mass is 32.1. The Hall–Kier alpha value is -1.30. The first-order valence-corrected chi connectivity index (χ1v) is 11.9. The van der Waals surface area contributed by atoms with Crippen molar-refractivity contribution >= 4 is 35.1 Å². The minimum Gasteiger partial charge on any atom is -0.300 e. The van der Waals surface area contributed by atoms with Crippen LogP contribution in [0.4, 0.5) is 0 Å². The van der Waals surface area contributed by atoms with Crippen LogP contribution in [0, 0.1) is 0 Å². The maximum Gasteiger partial charge on any atom is 0.0517 e. The van der Waals surface area contributed by atoms with Gasteiger partial charge in [0.1, 0.15) is 0 Å². The topological polar surface area (TPSA) is 28.0 Å². The molecule has 0 spiro atoms. The summed E-state index contributed by atoms with van der Waals surface area (Å²) in [5, 5.41) is 4.19. The van der Waals surface area contributed by atoms with Gasteiger partial charge in [-0.25, -0.2) is 0 Å². The van der Waals surface area contributed by atoms with E-state index in [0.717, 1.165) is 32.7 Å². The van der Waals surface area contributed by atoms with Crippen LogP contribution in [0.2, 0.25) is 0 Å². The van der Waals surface area contributed by atoms with Crippen LogP contribution in [-0.2, 0) is 0 Å². The average Bonchev–Trinajstić information content (AvgIpc) is 3.38. The van der Waals surface area contributed by atoms with E-state index in [1.165, 1.54) is 48.3 Å². The molecule has 0 unspecified atom stereocenters. The summed E-state index contributed by atoms with van der Waals surface area (Å²) < 4.78 is 0. The number of thiophene rings is 2. The Morgan fingerprint density at radius 3 is 1.85 bits per heavy atom. The van der Waals surface area contributed by atoms with Crippen molar-refractivity contribution in [3.63, 3.8) is 0 Å². The summed E-state index contributed by atoms with van der Waals surface area (Å²) in [6, 6.07) is 8.37. The number of unbranched alkanes of at least 4 members (excludes halogenated alkanes) is 5. The Bertz CT molecular complexity index is 570. The van der Waals surface area contributed by atoms with E-state index in [0.29, 0.717) is 0 Å². The summed E-state index contributed by atoms with van der Waals surface area (Å²) in [6.45, 7) is 7.20. The number of aliphatic imine (C=N–C) groups is 2. The first-order valence-electron chi connectivity index (χ1n) is 10.2. The van der Waals surface area contributed by atoms with Gasteiger partial charge in [-0.2, -0.15) is 0 Å². The number of nitrogens with zero attached hydrogens (tertiary/aromatic N) is 3. The Balaban J connectivity index is 1.69. The molecule has 2 heterocycles. The van der Waals surface area contributed by atoms with Gasteiger partial charge in [0.2, 0.25) is 0 Å². The SMILES string of the molecule is CCCCCCCCN(CCN=Cc1cccs1)CCN=Cc1cccs1. The maximum atomic E-state index is 4.60. The first-order chi connectivity index (χ1) is 13.4. The van der Waals surface area contributed by atoms with E-state index in [4.69, 9.17) is 0 Å². The van der Waals surface area contributed by atoms with Crippen LogP contribution in [0.5, 0.6) is 0 Å². The van der Waals surface area contributed by atoms with Crippen LogP contribution < -0.4 is 0 Å². The lowest BCUT2D eigenvalue weighted by Crippen LogP contribution is -2.30. The van der Waals surface area contributed by atoms with Crippen molar-refractivity contribution in [1.29, 1.82) is 0 Å². The molecule has 0 N–H and O–H groups in total. The van der Waals surface area contributed by atoms with Crippen molar-refractivity contribution in [2.45, 2.75) is 45.4 Å². The summed E-state index contributed by atoms with van der Waals surface area (Å²) >= 11 is 3.48. The van der Waals surface area contributed by atoms with Gasteiger partial charge in [0.05, 0.1) is 13.1 Å². The molecule has 0 aliphatic carbocycles. The fourth-order valence-corrected chi connectivity index (χ4v) is 4.10. The van der Waals surface area contributed by atoms with Gasteiger partial charge in [0.15, 0.2) is 0 Å². The molecule has 0 aliphatic rings. The third-order valence-corrected chi connectivity index (χ3v) is 6.06. The quantitative estimate of drug-likeness (QED) is 0.264. The van der Waals surface area contributed by atoms with Crippen molar-refractivity contribution < 1.29 is 0 Å². The van der Waals surface area contributed by atoms with E-state index in [-0.39, 0.29) is 0 Å². The van der Waals surface area contributed by atoms with Gasteiger partial charge >= 0.3 is 0 Å². The lowest BCUT2D eigenvalue weighted by Gasteiger charge is -2.20. The molecule has 0 atom stereocenters. The van der Waals surface area contributed by atoms with Crippen LogP contribution in [0.3, 0.4) is 0 Å². The van der Waals surface area contributed by atoms with Crippen LogP contribution in [0.1, 0.15) is 55.2 Å². The second-order valence-corrected chi connectivity index (χ2v) is 8.67. The fourth-order valence-electron chi connectivity index (χ4n) is 2.89. The first kappa shape index (κ1) is 22.0. The van der Waals surface area contributed by atoms with Gasteiger partial charge in [0.25, 0.3) is 0 Å². The van der Waals surface area contributed by atoms with Crippen molar-refractivity contribution in [2.75, 3.05) is 32.7 Å². The molecule has 0 fully saturated rings. The van der Waals surface area contributed by atoms with Crippen LogP contribution in [-0.4, -0.2) is 50.1 Å². The molecule has 2 rings (SSSR count). The Labute approximate surface area is 172 Å². The zero-order chi connectivity index (χ0) is 19.0. The lowest BCUT2D eigenvalue weighted by molar-refractivity contribution is 0.282. The van der Waals surface area contributed by atoms with Crippen molar-refractivity contribution in [3.05, 3.63) is 44.8 Å². The Kier molecular flexibility index (Phi) is 12.0. The van der Waals surface area contributed by atoms with Crippen LogP contribution in [0.15, 0.2) is 45.0 Å². The zero-order valence-electron chi connectivity index (χ0n) is 16.6. The molecule has 0 amide bonds. The van der Waals surface area contributed by atoms with E-state index in [1.807, 2.05) is 12.4 Å². The highest BCUT2D eigenvalue weighted by Gasteiger charge is 2.03. The minimum absolute atomic E-state index is 0.863. The largest absolute Gasteiger partial charge is 0.300 e. The summed E-state index contributed by atoms with van der Waals surface area (Å²) in [4.78, 5) is 14.2. The normalized spacial score (nSPS) is 12.1. The van der Waals surface area contributed by atoms with Crippen molar-refractivity contribution in [1.82, 2.24) is 4.90 Å². The van der Waals surface area contributed by atoms with Crippen molar-refractivity contribution in [2.24, 2.45) is 9.98 Å². The molecule has 27 heavy (non-hydrogen) atoms. The van der Waals surface area contributed by atoms with E-state index in [2.05, 4.69) is 56.8 Å². The van der Waals surface area contributed by atoms with Gasteiger partial charge in [-0.3, -0.25) is 14.9 Å². The smallest absolute Gasteiger partial charge is 0.0517 e. The van der Waals surface area contributed by atoms with E-state index >= 15 is 0 Å². The monoisotopic (exact) mass is 403 g/mol. The Morgan fingerprint density at radius 1 is 0.778 bits per heavy atom. The molecular formula is C22H33N3S2. The molecule has 0 aromatic carbocycles. The molecule has 0 bridgehead atoms. The van der Waals surface area contributed by atoms with E-state index < -0.39 is 0 Å². The highest BCUT2D eigenvalue weighted by Crippen LogP contribution is 2.07. The molecule has 0 aliphatic heterocycles. The Morgan fingerprint density at radius 2 is 1.33 bits per heavy atom. The molecule has 3 nitrogen and oxygen atoms in total. The summed E-state index contributed by atoms with van der Waals surface area (Å²) in [5.74, 6) is 0. The third kappa shape index (κ3) is 10.6. The van der Waals surface area contributed by atoms with Crippen LogP contribution in [0.25, 0.3) is 0 Å². The molecule has 2 aromatic heterocycles. The lowest BCUT2D eigenvalue weighted by atomic mass is 10.1. The predicted octanol–water partition coefficient (Wildman–Crippen LogP) is 6.01. The number of rotatable bonds is 15. The van der Waals surface area contributed by atoms with Gasteiger partial charge in [-0.15, -0.1) is 22.7 Å². The molecule has 0 saturated heterocycles. The van der Waals surface area contributed by atoms with Crippen molar-refractivity contribution in [3.8, 4) is 0 Å². The molecule has 0 saturated carbocycles. The van der Waals surface area contributed by atoms with E-state index in [1.54, 1.807) is 22.7 Å². The molecule has 148 valence electrons. The number of hydrogen-bond acceptors (Lipinski definition) is 5. The molecule has 0 radical (unpaired) electrons. The van der Waals surface area contributed by atoms with Gasteiger partial charge in [-0.05, 0) is 35.9 Å². The van der Waals surface area contributed by atoms with Gasteiger partial charge in [-0.1, -0.05) is 51.2 Å². The fraction of sp³-hybridized carbons (Fsp3) is 0.545. The maximum absolute atomic E-state index is 4.60. The van der Waals surface area contributed by atoms with E-state index in [9.17, 15) is 0 Å². The molecule has 5 heteroatoms. The summed E-state index contributed by atoms with van der Waals surface area (Å²) in [5.41, 5.74) is 0. The highest BCUT2D eigenvalue weighted by molar-refractivity contribution is 7.12.